The Morgan fingerprint density at radius 1 is 1.06 bits per heavy atom. The number of benzene rings is 1. The number of nitrogens with one attached hydrogen (secondary N) is 1. The van der Waals surface area contributed by atoms with Gasteiger partial charge in [-0.1, -0.05) is 35.5 Å². The molecule has 1 aromatic carbocycles. The molecule has 0 radical (unpaired) electrons. The number of esters is 1. The van der Waals surface area contributed by atoms with Gasteiger partial charge in [-0.05, 0) is 108 Å². The van der Waals surface area contributed by atoms with Crippen LogP contribution < -0.4 is 19.3 Å². The zero-order valence-corrected chi connectivity index (χ0v) is 34.7. The Kier molecular flexibility index (Phi) is 14.7. The van der Waals surface area contributed by atoms with E-state index in [-0.39, 0.29) is 59.8 Å². The van der Waals surface area contributed by atoms with Gasteiger partial charge in [0.2, 0.25) is 0 Å². The maximum atomic E-state index is 14.6. The van der Waals surface area contributed by atoms with Crippen molar-refractivity contribution in [1.29, 1.82) is 0 Å². The average Bonchev–Trinajstić information content (AvgIpc) is 3.05. The molecule has 0 saturated heterocycles. The number of Topliss-reactive ketones (excluding diaryl/α,β-unsaturated/α-hetero) is 2. The van der Waals surface area contributed by atoms with Crippen molar-refractivity contribution >= 4 is 31.4 Å². The highest BCUT2D eigenvalue weighted by molar-refractivity contribution is 7.46. The summed E-state index contributed by atoms with van der Waals surface area (Å²) in [4.78, 5) is 60.4. The molecule has 13 heteroatoms. The van der Waals surface area contributed by atoms with E-state index in [0.29, 0.717) is 23.3 Å². The minimum absolute atomic E-state index is 0.00643. The molecule has 0 aliphatic carbocycles. The second-order valence-electron chi connectivity index (χ2n) is 15.4. The molecule has 2 heterocycles. The molecule has 3 atom stereocenters. The smallest absolute Gasteiger partial charge is 0.484 e. The Bertz CT molecular complexity index is 1820. The standard InChI is InChI=1S/C41H58NO11P/c1-13-28-31(23-39(7,8)53-41(10,32(43)24-42-11)22-18-27(6)38(45)49-12)50-36-29(17-16-26(4)5)35-30(37(33(36)34(28)44)52-54(46,47)48)19-21-40(9,51-35)20-14-15-25(2)3/h13,15-16,18-19,21,31,42H,14,17,20,22-24H2,1-12H3,(H2,46,47,48)/b27-18-,28-13+. The molecule has 2 aliphatic heterocycles. The SMILES string of the molecule is C/C=C1/C(=O)c2c(OP(=O)(O)O)c3c(c(CC=C(C)C)c2OC1CC(C)(C)OC(C)(C/C=C(/C)C(=O)OC)C(=O)CNC)OC(C)(CCC=C(C)C)C=C3. The quantitative estimate of drug-likeness (QED) is 0.0612. The van der Waals surface area contributed by atoms with Gasteiger partial charge in [-0.25, -0.2) is 9.36 Å². The first-order chi connectivity index (χ1) is 25.0. The number of rotatable bonds is 17. The lowest BCUT2D eigenvalue weighted by Gasteiger charge is -2.41. The van der Waals surface area contributed by atoms with Crippen LogP contribution in [0.3, 0.4) is 0 Å². The Balaban J connectivity index is 2.22. The van der Waals surface area contributed by atoms with Crippen LogP contribution in [0.15, 0.2) is 52.7 Å². The van der Waals surface area contributed by atoms with Crippen LogP contribution in [0.25, 0.3) is 6.08 Å². The number of methoxy groups -OCH3 is 1. The minimum Gasteiger partial charge on any atom is -0.484 e. The fourth-order valence-corrected chi connectivity index (χ4v) is 7.02. The predicted molar refractivity (Wildman–Crippen MR) is 209 cm³/mol. The Labute approximate surface area is 319 Å². The van der Waals surface area contributed by atoms with Crippen LogP contribution in [-0.4, -0.2) is 70.9 Å². The van der Waals surface area contributed by atoms with Gasteiger partial charge in [-0.3, -0.25) is 19.4 Å². The summed E-state index contributed by atoms with van der Waals surface area (Å²) in [5.41, 5.74) is 0.0814. The van der Waals surface area contributed by atoms with E-state index < -0.39 is 42.5 Å². The Morgan fingerprint density at radius 3 is 2.26 bits per heavy atom. The second-order valence-corrected chi connectivity index (χ2v) is 16.6. The third-order valence-corrected chi connectivity index (χ3v) is 9.79. The number of phosphoric ester groups is 1. The molecule has 12 nitrogen and oxygen atoms in total. The lowest BCUT2D eigenvalue weighted by atomic mass is 9.83. The summed E-state index contributed by atoms with van der Waals surface area (Å²) in [5, 5.41) is 2.88. The van der Waals surface area contributed by atoms with Gasteiger partial charge in [0.15, 0.2) is 17.3 Å². The third-order valence-electron chi connectivity index (χ3n) is 9.37. The van der Waals surface area contributed by atoms with E-state index in [1.165, 1.54) is 12.7 Å². The Hall–Kier alpha value is -3.80. The normalized spacial score (nSPS) is 20.2. The first kappa shape index (κ1) is 44.6. The van der Waals surface area contributed by atoms with E-state index in [4.69, 9.17) is 23.5 Å². The lowest BCUT2D eigenvalue weighted by Crippen LogP contribution is -2.50. The van der Waals surface area contributed by atoms with Gasteiger partial charge in [0.1, 0.15) is 34.4 Å². The zero-order valence-electron chi connectivity index (χ0n) is 33.8. The molecule has 0 saturated carbocycles. The molecule has 1 aromatic rings. The largest absolute Gasteiger partial charge is 0.524 e. The van der Waals surface area contributed by atoms with E-state index in [2.05, 4.69) is 11.4 Å². The number of hydrogen-bond donors (Lipinski definition) is 3. The van der Waals surface area contributed by atoms with Gasteiger partial charge >= 0.3 is 13.8 Å². The highest BCUT2D eigenvalue weighted by Gasteiger charge is 2.46. The summed E-state index contributed by atoms with van der Waals surface area (Å²) in [6.07, 6.45) is 11.7. The molecule has 0 fully saturated rings. The highest BCUT2D eigenvalue weighted by atomic mass is 31.2. The summed E-state index contributed by atoms with van der Waals surface area (Å²) < 4.78 is 42.7. The molecule has 0 aromatic heterocycles. The van der Waals surface area contributed by atoms with Gasteiger partial charge in [-0.15, -0.1) is 0 Å². The van der Waals surface area contributed by atoms with Crippen molar-refractivity contribution in [3.8, 4) is 17.2 Å². The van der Waals surface area contributed by atoms with Crippen LogP contribution >= 0.6 is 7.82 Å². The number of ether oxygens (including phenoxy) is 4. The van der Waals surface area contributed by atoms with Crippen molar-refractivity contribution in [3.63, 3.8) is 0 Å². The number of carbonyl (C=O) groups excluding carboxylic acids is 3. The van der Waals surface area contributed by atoms with Gasteiger partial charge in [0, 0.05) is 29.6 Å². The molecule has 0 spiro atoms. The van der Waals surface area contributed by atoms with E-state index >= 15 is 0 Å². The number of phosphoric acid groups is 1. The number of allylic oxidation sites excluding steroid dienone is 5. The first-order valence-corrected chi connectivity index (χ1v) is 19.7. The number of ketones is 2. The number of carbonyl (C=O) groups is 3. The summed E-state index contributed by atoms with van der Waals surface area (Å²) >= 11 is 0. The summed E-state index contributed by atoms with van der Waals surface area (Å²) in [6, 6.07) is 0. The minimum atomic E-state index is -5.18. The fourth-order valence-electron chi connectivity index (χ4n) is 6.59. The molecular formula is C41H58NO11P. The van der Waals surface area contributed by atoms with E-state index in [0.717, 1.165) is 12.0 Å². The first-order valence-electron chi connectivity index (χ1n) is 18.1. The van der Waals surface area contributed by atoms with Gasteiger partial charge in [0.05, 0.1) is 24.8 Å². The van der Waals surface area contributed by atoms with Crippen molar-refractivity contribution < 1.29 is 52.2 Å². The summed E-state index contributed by atoms with van der Waals surface area (Å²) in [6.45, 7) is 18.4. The topological polar surface area (TPSA) is 167 Å². The maximum Gasteiger partial charge on any atom is 0.524 e. The average molecular weight is 772 g/mol. The predicted octanol–water partition coefficient (Wildman–Crippen LogP) is 7.71. The van der Waals surface area contributed by atoms with Crippen LogP contribution in [0.1, 0.15) is 116 Å². The van der Waals surface area contributed by atoms with Crippen LogP contribution in [0, 0.1) is 0 Å². The number of hydrogen-bond acceptors (Lipinski definition) is 10. The highest BCUT2D eigenvalue weighted by Crippen LogP contribution is 2.55. The monoisotopic (exact) mass is 771 g/mol. The molecule has 3 N–H and O–H groups in total. The molecule has 54 heavy (non-hydrogen) atoms. The zero-order chi connectivity index (χ0) is 40.8. The molecule has 0 amide bonds. The fraction of sp³-hybridized carbons (Fsp3) is 0.537. The van der Waals surface area contributed by atoms with Crippen molar-refractivity contribution in [3.05, 3.63) is 69.4 Å². The van der Waals surface area contributed by atoms with Gasteiger partial charge < -0.3 is 28.8 Å². The summed E-state index contributed by atoms with van der Waals surface area (Å²) in [7, 11) is -2.25. The third kappa shape index (κ3) is 11.1. The Morgan fingerprint density at radius 2 is 1.70 bits per heavy atom. The van der Waals surface area contributed by atoms with Crippen LogP contribution in [-0.2, 0) is 30.0 Å². The van der Waals surface area contributed by atoms with Crippen molar-refractivity contribution in [2.75, 3.05) is 20.7 Å². The van der Waals surface area contributed by atoms with Crippen molar-refractivity contribution in [1.82, 2.24) is 5.32 Å². The van der Waals surface area contributed by atoms with Gasteiger partial charge in [-0.2, -0.15) is 0 Å². The second kappa shape index (κ2) is 17.8. The van der Waals surface area contributed by atoms with Crippen molar-refractivity contribution in [2.24, 2.45) is 0 Å². The molecule has 0 bridgehead atoms. The maximum absolute atomic E-state index is 14.6. The van der Waals surface area contributed by atoms with Crippen LogP contribution in [0.5, 0.6) is 17.2 Å². The van der Waals surface area contributed by atoms with Crippen LogP contribution in [0.4, 0.5) is 0 Å². The lowest BCUT2D eigenvalue weighted by molar-refractivity contribution is -0.167. The summed E-state index contributed by atoms with van der Waals surface area (Å²) in [5.74, 6) is -1.23. The number of fused-ring (bicyclic) bond motifs is 2. The van der Waals surface area contributed by atoms with Crippen LogP contribution in [0.2, 0.25) is 0 Å². The molecular weight excluding hydrogens is 713 g/mol. The number of likely N-dealkylation sites (N-methyl/N-ethyl adjacent to an activating group) is 1. The van der Waals surface area contributed by atoms with Crippen molar-refractivity contribution in [2.45, 2.75) is 124 Å². The molecule has 298 valence electrons. The van der Waals surface area contributed by atoms with E-state index in [9.17, 15) is 28.7 Å². The van der Waals surface area contributed by atoms with E-state index in [1.54, 1.807) is 59.9 Å². The molecule has 3 unspecified atom stereocenters. The molecule has 3 rings (SSSR count). The van der Waals surface area contributed by atoms with Gasteiger partial charge in [0.25, 0.3) is 0 Å². The molecule has 2 aliphatic rings. The van der Waals surface area contributed by atoms with E-state index in [1.807, 2.05) is 46.8 Å².